The summed E-state index contributed by atoms with van der Waals surface area (Å²) in [6.07, 6.45) is -3.43. The van der Waals surface area contributed by atoms with E-state index in [0.717, 1.165) is 31.7 Å². The molecule has 0 bridgehead atoms. The van der Waals surface area contributed by atoms with E-state index in [-0.39, 0.29) is 11.8 Å². The second kappa shape index (κ2) is 14.6. The number of nitrogens with zero attached hydrogens (tertiary/aromatic N) is 3. The third-order valence-electron chi connectivity index (χ3n) is 5.86. The summed E-state index contributed by atoms with van der Waals surface area (Å²) in [5, 5.41) is 13.4. The number of carbonyl (C=O) groups excluding carboxylic acids is 2. The van der Waals surface area contributed by atoms with E-state index in [4.69, 9.17) is 9.90 Å². The van der Waals surface area contributed by atoms with E-state index in [0.29, 0.717) is 47.6 Å². The number of amides is 2. The Balaban J connectivity index is 0.000000708. The maximum Gasteiger partial charge on any atom is 0.490 e. The zero-order valence-corrected chi connectivity index (χ0v) is 23.5. The molecule has 3 rings (SSSR count). The van der Waals surface area contributed by atoms with Crippen LogP contribution in [-0.4, -0.2) is 78.2 Å². The molecule has 2 heterocycles. The van der Waals surface area contributed by atoms with Gasteiger partial charge in [-0.25, -0.2) is 9.78 Å². The molecule has 1 aromatic heterocycles. The first-order valence-electron chi connectivity index (χ1n) is 13.1. The lowest BCUT2D eigenvalue weighted by molar-refractivity contribution is -0.192. The molecule has 0 radical (unpaired) electrons. The van der Waals surface area contributed by atoms with Gasteiger partial charge >= 0.3 is 12.1 Å². The predicted octanol–water partition coefficient (Wildman–Crippen LogP) is 4.44. The Morgan fingerprint density at radius 2 is 1.60 bits per heavy atom. The molecule has 1 saturated heterocycles. The fourth-order valence-electron chi connectivity index (χ4n) is 4.13. The lowest BCUT2D eigenvalue weighted by Crippen LogP contribution is -2.45. The van der Waals surface area contributed by atoms with Crippen LogP contribution in [0.15, 0.2) is 36.5 Å². The van der Waals surface area contributed by atoms with Crippen molar-refractivity contribution in [3.05, 3.63) is 53.2 Å². The Hall–Kier alpha value is -3.67. The summed E-state index contributed by atoms with van der Waals surface area (Å²) in [5.41, 5.74) is 2.58. The van der Waals surface area contributed by atoms with Crippen molar-refractivity contribution < 1.29 is 32.7 Å². The normalized spacial score (nSPS) is 13.5. The van der Waals surface area contributed by atoms with Crippen molar-refractivity contribution in [2.24, 2.45) is 11.8 Å². The summed E-state index contributed by atoms with van der Waals surface area (Å²) in [6, 6.07) is 9.25. The van der Waals surface area contributed by atoms with Gasteiger partial charge in [0.25, 0.3) is 11.8 Å². The maximum absolute atomic E-state index is 13.8. The summed E-state index contributed by atoms with van der Waals surface area (Å²) in [7, 11) is 0. The van der Waals surface area contributed by atoms with Crippen molar-refractivity contribution in [1.29, 1.82) is 0 Å². The number of halogens is 3. The van der Waals surface area contributed by atoms with Gasteiger partial charge in [0.15, 0.2) is 0 Å². The summed E-state index contributed by atoms with van der Waals surface area (Å²) < 4.78 is 31.7. The quantitative estimate of drug-likeness (QED) is 0.434. The molecule has 2 aromatic rings. The van der Waals surface area contributed by atoms with Crippen LogP contribution in [0.5, 0.6) is 0 Å². The van der Waals surface area contributed by atoms with Gasteiger partial charge in [0, 0.05) is 44.8 Å². The molecule has 0 spiro atoms. The van der Waals surface area contributed by atoms with Crippen LogP contribution >= 0.6 is 0 Å². The van der Waals surface area contributed by atoms with Gasteiger partial charge in [0.1, 0.15) is 5.82 Å². The number of carbonyl (C=O) groups is 3. The van der Waals surface area contributed by atoms with Crippen LogP contribution in [0.4, 0.5) is 24.7 Å². The minimum absolute atomic E-state index is 0.0366. The van der Waals surface area contributed by atoms with Crippen LogP contribution in [0.2, 0.25) is 0 Å². The summed E-state index contributed by atoms with van der Waals surface area (Å²) >= 11 is 0. The molecule has 0 unspecified atom stereocenters. The maximum atomic E-state index is 13.8. The number of hydrogen-bond acceptors (Lipinski definition) is 6. The Kier molecular flexibility index (Phi) is 11.9. The molecule has 1 aromatic carbocycles. The molecule has 220 valence electrons. The Morgan fingerprint density at radius 1 is 1.05 bits per heavy atom. The molecule has 1 aliphatic rings. The molecule has 0 aliphatic carbocycles. The number of aryl methyl sites for hydroxylation is 1. The first-order valence-corrected chi connectivity index (χ1v) is 13.1. The van der Waals surface area contributed by atoms with Gasteiger partial charge in [0.05, 0.1) is 17.4 Å². The number of carboxylic acid groups (broad SMARTS) is 1. The van der Waals surface area contributed by atoms with Gasteiger partial charge in [-0.2, -0.15) is 13.2 Å². The summed E-state index contributed by atoms with van der Waals surface area (Å²) in [4.78, 5) is 44.3. The Bertz CT molecular complexity index is 1150. The second-order valence-corrected chi connectivity index (χ2v) is 10.4. The molecule has 0 saturated carbocycles. The highest BCUT2D eigenvalue weighted by molar-refractivity contribution is 6.06. The van der Waals surface area contributed by atoms with Crippen molar-refractivity contribution in [1.82, 2.24) is 15.2 Å². The zero-order chi connectivity index (χ0) is 30.0. The minimum atomic E-state index is -5.08. The third-order valence-corrected chi connectivity index (χ3v) is 5.86. The molecule has 3 N–H and O–H groups in total. The topological polar surface area (TPSA) is 115 Å². The van der Waals surface area contributed by atoms with Gasteiger partial charge in [-0.3, -0.25) is 9.59 Å². The number of piperazine rings is 1. The highest BCUT2D eigenvalue weighted by Gasteiger charge is 2.38. The number of anilines is 2. The van der Waals surface area contributed by atoms with Gasteiger partial charge < -0.3 is 25.5 Å². The van der Waals surface area contributed by atoms with Gasteiger partial charge in [-0.05, 0) is 36.5 Å². The number of aliphatic carboxylic acids is 1. The van der Waals surface area contributed by atoms with Crippen molar-refractivity contribution in [3.8, 4) is 0 Å². The van der Waals surface area contributed by atoms with E-state index in [1.807, 2.05) is 30.0 Å². The fraction of sp³-hybridized carbons (Fsp3) is 0.500. The molecule has 40 heavy (non-hydrogen) atoms. The second-order valence-electron chi connectivity index (χ2n) is 10.4. The van der Waals surface area contributed by atoms with Crippen molar-refractivity contribution >= 4 is 29.3 Å². The molecular weight excluding hydrogens is 527 g/mol. The summed E-state index contributed by atoms with van der Waals surface area (Å²) in [6.45, 7) is 15.0. The van der Waals surface area contributed by atoms with Crippen LogP contribution in [0.1, 0.15) is 54.0 Å². The molecule has 1 fully saturated rings. The molecule has 1 aliphatic heterocycles. The first-order chi connectivity index (χ1) is 18.7. The van der Waals surface area contributed by atoms with Crippen LogP contribution in [0, 0.1) is 18.8 Å². The lowest BCUT2D eigenvalue weighted by atomic mass is 10.1. The van der Waals surface area contributed by atoms with Crippen LogP contribution in [0.3, 0.4) is 0 Å². The van der Waals surface area contributed by atoms with E-state index >= 15 is 0 Å². The monoisotopic (exact) mass is 565 g/mol. The number of alkyl halides is 3. The van der Waals surface area contributed by atoms with Crippen LogP contribution in [0.25, 0.3) is 0 Å². The average molecular weight is 566 g/mol. The van der Waals surface area contributed by atoms with Crippen molar-refractivity contribution in [2.45, 2.75) is 40.8 Å². The van der Waals surface area contributed by atoms with Crippen LogP contribution in [-0.2, 0) is 4.79 Å². The van der Waals surface area contributed by atoms with E-state index in [2.05, 4.69) is 48.2 Å². The number of pyridine rings is 1. The highest BCUT2D eigenvalue weighted by atomic mass is 19.4. The van der Waals surface area contributed by atoms with Crippen molar-refractivity contribution in [2.75, 3.05) is 49.5 Å². The number of rotatable bonds is 8. The Labute approximate surface area is 232 Å². The number of benzene rings is 1. The summed E-state index contributed by atoms with van der Waals surface area (Å²) in [5.74, 6) is -1.60. The van der Waals surface area contributed by atoms with Gasteiger partial charge in [0.2, 0.25) is 0 Å². The number of nitrogens with one attached hydrogen (secondary N) is 2. The SMILES string of the molecule is Cc1ccccc1C(=O)Nc1cnc(N2CCNCC2)c(C(=O)N(CC(C)C)CC(C)C)c1.O=C(O)C(F)(F)F. The van der Waals surface area contributed by atoms with E-state index in [1.165, 1.54) is 0 Å². The zero-order valence-electron chi connectivity index (χ0n) is 23.5. The van der Waals surface area contributed by atoms with E-state index < -0.39 is 12.1 Å². The predicted molar refractivity (Wildman–Crippen MR) is 148 cm³/mol. The molecular formula is C28H38F3N5O4. The number of aromatic nitrogens is 1. The molecule has 2 amide bonds. The van der Waals surface area contributed by atoms with E-state index in [1.54, 1.807) is 18.3 Å². The van der Waals surface area contributed by atoms with E-state index in [9.17, 15) is 22.8 Å². The molecule has 0 atom stereocenters. The lowest BCUT2D eigenvalue weighted by Gasteiger charge is -2.32. The smallest absolute Gasteiger partial charge is 0.475 e. The number of carboxylic acids is 1. The molecule has 9 nitrogen and oxygen atoms in total. The fourth-order valence-corrected chi connectivity index (χ4v) is 4.13. The van der Waals surface area contributed by atoms with Gasteiger partial charge in [-0.1, -0.05) is 45.9 Å². The van der Waals surface area contributed by atoms with Crippen molar-refractivity contribution in [3.63, 3.8) is 0 Å². The average Bonchev–Trinajstić information content (AvgIpc) is 2.88. The largest absolute Gasteiger partial charge is 0.490 e. The van der Waals surface area contributed by atoms with Gasteiger partial charge in [-0.15, -0.1) is 0 Å². The first kappa shape index (κ1) is 32.5. The Morgan fingerprint density at radius 3 is 2.10 bits per heavy atom. The minimum Gasteiger partial charge on any atom is -0.475 e. The highest BCUT2D eigenvalue weighted by Crippen LogP contribution is 2.25. The van der Waals surface area contributed by atoms with Crippen LogP contribution < -0.4 is 15.5 Å². The standard InChI is InChI=1S/C26H37N5O2.C2HF3O2/c1-18(2)16-31(17-19(3)4)26(33)23-14-21(15-28-24(23)30-12-10-27-11-13-30)29-25(32)22-9-7-6-8-20(22)5;3-2(4,5)1(6)7/h6-9,14-15,18-19,27H,10-13,16-17H2,1-5H3,(H,29,32);(H,6,7). The molecule has 12 heteroatoms. The third kappa shape index (κ3) is 9.82. The number of hydrogen-bond donors (Lipinski definition) is 3.